The van der Waals surface area contributed by atoms with E-state index in [-0.39, 0.29) is 0 Å². The molecule has 1 aliphatic heterocycles. The Labute approximate surface area is 165 Å². The average molecular weight is 392 g/mol. The zero-order chi connectivity index (χ0) is 19.8. The number of hydrogen-bond acceptors (Lipinski definition) is 4. The molecule has 5 nitrogen and oxygen atoms in total. The van der Waals surface area contributed by atoms with Crippen LogP contribution in [0, 0.1) is 5.41 Å². The Bertz CT molecular complexity index is 725. The lowest BCUT2D eigenvalue weighted by Gasteiger charge is -2.36. The van der Waals surface area contributed by atoms with Crippen molar-refractivity contribution in [3.63, 3.8) is 0 Å². The summed E-state index contributed by atoms with van der Waals surface area (Å²) in [6.07, 6.45) is 2.85. The molecule has 1 heterocycles. The molecule has 1 aliphatic carbocycles. The number of carboxylic acid groups (broad SMARTS) is 1. The molecule has 0 radical (unpaired) electrons. The zero-order valence-corrected chi connectivity index (χ0v) is 17.3. The van der Waals surface area contributed by atoms with Crippen LogP contribution >= 0.6 is 11.8 Å². The molecule has 2 aliphatic rings. The van der Waals surface area contributed by atoms with Crippen LogP contribution in [0.5, 0.6) is 0 Å². The van der Waals surface area contributed by atoms with Crippen molar-refractivity contribution in [2.45, 2.75) is 75.2 Å². The molecule has 0 spiro atoms. The number of carbonyl (C=O) groups is 2. The number of thioether (sulfide) groups is 1. The molecule has 148 valence electrons. The molecule has 1 saturated carbocycles. The molecule has 1 saturated heterocycles. The highest BCUT2D eigenvalue weighted by atomic mass is 32.2. The predicted molar refractivity (Wildman–Crippen MR) is 106 cm³/mol. The third-order valence-corrected chi connectivity index (χ3v) is 6.78. The number of ether oxygens (including phenoxy) is 1. The maximum Gasteiger partial charge on any atom is 0.410 e. The third kappa shape index (κ3) is 4.10. The summed E-state index contributed by atoms with van der Waals surface area (Å²) in [6, 6.07) is 7.42. The summed E-state index contributed by atoms with van der Waals surface area (Å²) in [6.45, 7) is 7.78. The van der Waals surface area contributed by atoms with E-state index in [1.165, 1.54) is 12.8 Å². The predicted octanol–water partition coefficient (Wildman–Crippen LogP) is 5.10. The van der Waals surface area contributed by atoms with Crippen molar-refractivity contribution in [1.29, 1.82) is 0 Å². The van der Waals surface area contributed by atoms with Crippen molar-refractivity contribution in [2.75, 3.05) is 6.54 Å². The van der Waals surface area contributed by atoms with Gasteiger partial charge in [0.15, 0.2) is 0 Å². The molecular weight excluding hydrogens is 362 g/mol. The summed E-state index contributed by atoms with van der Waals surface area (Å²) < 4.78 is 5.61. The van der Waals surface area contributed by atoms with Crippen molar-refractivity contribution in [3.05, 3.63) is 29.8 Å². The number of carboxylic acids is 1. The minimum absolute atomic E-state index is 0.391. The van der Waals surface area contributed by atoms with Crippen molar-refractivity contribution >= 4 is 23.8 Å². The fourth-order valence-corrected chi connectivity index (χ4v) is 5.00. The van der Waals surface area contributed by atoms with Gasteiger partial charge in [0.1, 0.15) is 5.60 Å². The molecule has 2 atom stereocenters. The summed E-state index contributed by atoms with van der Waals surface area (Å²) in [4.78, 5) is 28.0. The van der Waals surface area contributed by atoms with Crippen LogP contribution in [0.4, 0.5) is 4.79 Å². The van der Waals surface area contributed by atoms with Gasteiger partial charge in [-0.2, -0.15) is 0 Å². The molecule has 2 unspecified atom stereocenters. The summed E-state index contributed by atoms with van der Waals surface area (Å²) >= 11 is 1.80. The topological polar surface area (TPSA) is 66.8 Å². The second-order valence-corrected chi connectivity index (χ2v) is 9.84. The molecule has 1 N–H and O–H groups in total. The Hall–Kier alpha value is -1.69. The average Bonchev–Trinajstić information content (AvgIpc) is 3.30. The highest BCUT2D eigenvalue weighted by Gasteiger charge is 2.55. The van der Waals surface area contributed by atoms with Gasteiger partial charge in [0, 0.05) is 16.7 Å². The number of carbonyl (C=O) groups excluding carboxylic acids is 1. The van der Waals surface area contributed by atoms with Crippen LogP contribution in [0.3, 0.4) is 0 Å². The standard InChI is InChI=1S/C21H29NO4S/c1-5-21(18(23)24)12-13-22(19(25)26-20(2,3)4)17(21)15-8-6-7-9-16(15)27-14-10-11-14/h6-9,14,17H,5,10-13H2,1-4H3,(H,23,24). The van der Waals surface area contributed by atoms with E-state index in [9.17, 15) is 14.7 Å². The molecular formula is C21H29NO4S. The number of aliphatic carboxylic acids is 1. The Morgan fingerprint density at radius 1 is 1.30 bits per heavy atom. The van der Waals surface area contributed by atoms with Crippen LogP contribution in [-0.2, 0) is 9.53 Å². The minimum atomic E-state index is -0.989. The van der Waals surface area contributed by atoms with Crippen LogP contribution in [0.2, 0.25) is 0 Å². The highest BCUT2D eigenvalue weighted by Crippen LogP contribution is 2.53. The van der Waals surface area contributed by atoms with Crippen molar-refractivity contribution in [2.24, 2.45) is 5.41 Å². The number of rotatable bonds is 5. The van der Waals surface area contributed by atoms with E-state index in [1.54, 1.807) is 16.7 Å². The first-order valence-corrected chi connectivity index (χ1v) is 10.5. The van der Waals surface area contributed by atoms with Crippen molar-refractivity contribution in [3.8, 4) is 0 Å². The first-order chi connectivity index (χ1) is 12.7. The Morgan fingerprint density at radius 3 is 2.52 bits per heavy atom. The van der Waals surface area contributed by atoms with E-state index in [0.29, 0.717) is 24.6 Å². The van der Waals surface area contributed by atoms with Gasteiger partial charge < -0.3 is 9.84 Å². The van der Waals surface area contributed by atoms with E-state index < -0.39 is 29.1 Å². The molecule has 0 bridgehead atoms. The van der Waals surface area contributed by atoms with Gasteiger partial charge in [-0.05, 0) is 58.1 Å². The van der Waals surface area contributed by atoms with Gasteiger partial charge in [0.05, 0.1) is 11.5 Å². The quantitative estimate of drug-likeness (QED) is 0.756. The van der Waals surface area contributed by atoms with E-state index in [4.69, 9.17) is 4.74 Å². The normalized spacial score (nSPS) is 25.5. The van der Waals surface area contributed by atoms with Gasteiger partial charge >= 0.3 is 12.1 Å². The largest absolute Gasteiger partial charge is 0.481 e. The number of amides is 1. The molecule has 1 aromatic carbocycles. The zero-order valence-electron chi connectivity index (χ0n) is 16.5. The van der Waals surface area contributed by atoms with Crippen molar-refractivity contribution < 1.29 is 19.4 Å². The monoisotopic (exact) mass is 391 g/mol. The summed E-state index contributed by atoms with van der Waals surface area (Å²) in [7, 11) is 0. The van der Waals surface area contributed by atoms with Gasteiger partial charge in [-0.1, -0.05) is 25.1 Å². The third-order valence-electron chi connectivity index (χ3n) is 5.35. The smallest absolute Gasteiger partial charge is 0.410 e. The van der Waals surface area contributed by atoms with E-state index in [1.807, 2.05) is 52.0 Å². The fraction of sp³-hybridized carbons (Fsp3) is 0.619. The second kappa shape index (κ2) is 7.38. The van der Waals surface area contributed by atoms with Crippen LogP contribution in [0.1, 0.15) is 65.0 Å². The summed E-state index contributed by atoms with van der Waals surface area (Å²) in [5.74, 6) is -0.840. The van der Waals surface area contributed by atoms with E-state index >= 15 is 0 Å². The SMILES string of the molecule is CCC1(C(=O)O)CCN(C(=O)OC(C)(C)C)C1c1ccccc1SC1CC1. The van der Waals surface area contributed by atoms with Crippen LogP contribution in [0.15, 0.2) is 29.2 Å². The Kier molecular flexibility index (Phi) is 5.48. The number of likely N-dealkylation sites (tertiary alicyclic amines) is 1. The number of nitrogens with zero attached hydrogens (tertiary/aromatic N) is 1. The maximum atomic E-state index is 12.9. The first-order valence-electron chi connectivity index (χ1n) is 9.66. The van der Waals surface area contributed by atoms with Gasteiger partial charge in [-0.3, -0.25) is 9.69 Å². The molecule has 3 rings (SSSR count). The lowest BCUT2D eigenvalue weighted by Crippen LogP contribution is -2.42. The second-order valence-electron chi connectivity index (χ2n) is 8.50. The lowest BCUT2D eigenvalue weighted by molar-refractivity contribution is -0.151. The van der Waals surface area contributed by atoms with Gasteiger partial charge in [-0.15, -0.1) is 11.8 Å². The fourth-order valence-electron chi connectivity index (χ4n) is 3.79. The maximum absolute atomic E-state index is 12.9. The Balaban J connectivity index is 2.04. The minimum Gasteiger partial charge on any atom is -0.481 e. The summed E-state index contributed by atoms with van der Waals surface area (Å²) in [5.41, 5.74) is -0.677. The molecule has 1 aromatic rings. The van der Waals surface area contributed by atoms with Gasteiger partial charge in [0.2, 0.25) is 0 Å². The number of hydrogen-bond donors (Lipinski definition) is 1. The first kappa shape index (κ1) is 20.1. The van der Waals surface area contributed by atoms with Gasteiger partial charge in [-0.25, -0.2) is 4.79 Å². The van der Waals surface area contributed by atoms with E-state index in [2.05, 4.69) is 0 Å². The molecule has 6 heteroatoms. The van der Waals surface area contributed by atoms with Gasteiger partial charge in [0.25, 0.3) is 0 Å². The Morgan fingerprint density at radius 2 is 1.96 bits per heavy atom. The highest BCUT2D eigenvalue weighted by molar-refractivity contribution is 8.00. The van der Waals surface area contributed by atoms with Crippen LogP contribution in [0.25, 0.3) is 0 Å². The van der Waals surface area contributed by atoms with Crippen LogP contribution < -0.4 is 0 Å². The van der Waals surface area contributed by atoms with E-state index in [0.717, 1.165) is 10.5 Å². The molecule has 1 amide bonds. The van der Waals surface area contributed by atoms with Crippen molar-refractivity contribution in [1.82, 2.24) is 4.90 Å². The summed E-state index contributed by atoms with van der Waals surface area (Å²) in [5, 5.41) is 10.7. The number of benzene rings is 1. The van der Waals surface area contributed by atoms with Crippen LogP contribution in [-0.4, -0.2) is 39.5 Å². The molecule has 27 heavy (non-hydrogen) atoms. The lowest BCUT2D eigenvalue weighted by atomic mass is 9.75. The molecule has 2 fully saturated rings. The molecule has 0 aromatic heterocycles.